The zero-order chi connectivity index (χ0) is 36.6. The summed E-state index contributed by atoms with van der Waals surface area (Å²) in [5.74, 6) is 0. The number of hydrogen-bond acceptors (Lipinski definition) is 1. The van der Waals surface area contributed by atoms with Crippen LogP contribution in [0, 0.1) is 17.9 Å². The molecule has 0 fully saturated rings. The molecule has 0 aliphatic heterocycles. The highest BCUT2D eigenvalue weighted by Crippen LogP contribution is 2.41. The number of hydrogen-bond donors (Lipinski definition) is 0. The normalized spacial score (nSPS) is 11.6. The first-order chi connectivity index (χ1) is 27.2. The van der Waals surface area contributed by atoms with Crippen LogP contribution in [0.15, 0.2) is 176 Å². The smallest absolute Gasteiger partial charge is 0.188 e. The molecule has 11 aromatic rings. The van der Waals surface area contributed by atoms with Crippen LogP contribution in [0.3, 0.4) is 0 Å². The number of nitriles is 1. The van der Waals surface area contributed by atoms with Gasteiger partial charge in [0.1, 0.15) is 6.07 Å². The van der Waals surface area contributed by atoms with E-state index in [1.807, 2.05) is 36.4 Å². The Bertz CT molecular complexity index is 3400. The third-order valence-electron chi connectivity index (χ3n) is 11.1. The zero-order valence-electron chi connectivity index (χ0n) is 29.5. The second-order valence-corrected chi connectivity index (χ2v) is 13.9. The first kappa shape index (κ1) is 30.7. The van der Waals surface area contributed by atoms with Crippen LogP contribution in [-0.2, 0) is 0 Å². The van der Waals surface area contributed by atoms with Crippen LogP contribution in [0.4, 0.5) is 5.69 Å². The molecule has 3 heterocycles. The molecule has 254 valence electrons. The molecule has 0 amide bonds. The van der Waals surface area contributed by atoms with Crippen LogP contribution < -0.4 is 0 Å². The van der Waals surface area contributed by atoms with E-state index in [0.29, 0.717) is 11.3 Å². The highest BCUT2D eigenvalue weighted by molar-refractivity contribution is 6.13. The molecule has 5 heteroatoms. The quantitative estimate of drug-likeness (QED) is 0.169. The van der Waals surface area contributed by atoms with Gasteiger partial charge in [0.15, 0.2) is 5.69 Å². The lowest BCUT2D eigenvalue weighted by Crippen LogP contribution is -2.02. The monoisotopic (exact) mass is 699 g/mol. The number of aromatic nitrogens is 3. The van der Waals surface area contributed by atoms with E-state index >= 15 is 0 Å². The average Bonchev–Trinajstić information content (AvgIpc) is 3.88. The average molecular weight is 700 g/mol. The van der Waals surface area contributed by atoms with Crippen LogP contribution in [0.1, 0.15) is 5.56 Å². The largest absolute Gasteiger partial charge is 0.309 e. The molecular weight excluding hydrogens is 671 g/mol. The first-order valence-electron chi connectivity index (χ1n) is 18.3. The molecule has 0 saturated carbocycles. The standard InChI is InChI=1S/C50H29N5/c1-52-34-23-28-48-43(29-34)41-15-5-8-19-46(41)53(48)35-24-21-32(22-25-35)37-16-10-11-33(31-51)50(37)55-47-20-9-4-14-40(47)42-27-26-36(30-49(42)55)54-44-17-6-2-12-38(44)39-13-3-7-18-45(39)54/h2-30H. The predicted octanol–water partition coefficient (Wildman–Crippen LogP) is 13.1. The fraction of sp³-hybridized carbons (Fsp3) is 0. The van der Waals surface area contributed by atoms with Gasteiger partial charge in [-0.05, 0) is 77.7 Å². The van der Waals surface area contributed by atoms with Gasteiger partial charge in [-0.25, -0.2) is 4.85 Å². The van der Waals surface area contributed by atoms with E-state index in [4.69, 9.17) is 6.57 Å². The summed E-state index contributed by atoms with van der Waals surface area (Å²) in [6, 6.07) is 63.8. The number of benzene rings is 8. The maximum absolute atomic E-state index is 10.7. The Hall–Kier alpha value is -7.86. The first-order valence-corrected chi connectivity index (χ1v) is 18.3. The molecule has 11 rings (SSSR count). The Morgan fingerprint density at radius 3 is 1.53 bits per heavy atom. The van der Waals surface area contributed by atoms with Crippen molar-refractivity contribution in [3.8, 4) is 34.3 Å². The molecule has 0 atom stereocenters. The van der Waals surface area contributed by atoms with Crippen LogP contribution in [-0.4, -0.2) is 13.7 Å². The molecule has 0 spiro atoms. The lowest BCUT2D eigenvalue weighted by atomic mass is 9.99. The lowest BCUT2D eigenvalue weighted by molar-refractivity contribution is 1.15. The molecule has 0 N–H and O–H groups in total. The number of rotatable bonds is 4. The van der Waals surface area contributed by atoms with Crippen molar-refractivity contribution in [1.29, 1.82) is 5.26 Å². The lowest BCUT2D eigenvalue weighted by Gasteiger charge is -2.17. The Kier molecular flexibility index (Phi) is 6.61. The molecule has 55 heavy (non-hydrogen) atoms. The van der Waals surface area contributed by atoms with Crippen molar-refractivity contribution in [3.63, 3.8) is 0 Å². The van der Waals surface area contributed by atoms with Gasteiger partial charge >= 0.3 is 0 Å². The van der Waals surface area contributed by atoms with Gasteiger partial charge in [-0.15, -0.1) is 0 Å². The van der Waals surface area contributed by atoms with Crippen molar-refractivity contribution in [2.45, 2.75) is 0 Å². The summed E-state index contributed by atoms with van der Waals surface area (Å²) >= 11 is 0. The molecule has 0 radical (unpaired) electrons. The van der Waals surface area contributed by atoms with Gasteiger partial charge in [-0.1, -0.05) is 109 Å². The maximum Gasteiger partial charge on any atom is 0.188 e. The summed E-state index contributed by atoms with van der Waals surface area (Å²) in [6.45, 7) is 7.59. The highest BCUT2D eigenvalue weighted by atomic mass is 15.0. The summed E-state index contributed by atoms with van der Waals surface area (Å²) in [5.41, 5.74) is 12.7. The second kappa shape index (κ2) is 11.8. The molecule has 0 bridgehead atoms. The summed E-state index contributed by atoms with van der Waals surface area (Å²) in [4.78, 5) is 3.69. The molecule has 0 saturated heterocycles. The third-order valence-corrected chi connectivity index (χ3v) is 11.1. The minimum absolute atomic E-state index is 0.601. The van der Waals surface area contributed by atoms with Crippen molar-refractivity contribution < 1.29 is 0 Å². The van der Waals surface area contributed by atoms with Crippen molar-refractivity contribution in [2.24, 2.45) is 0 Å². The Balaban J connectivity index is 1.13. The summed E-state index contributed by atoms with van der Waals surface area (Å²) in [5, 5.41) is 17.6. The van der Waals surface area contributed by atoms with E-state index in [-0.39, 0.29) is 0 Å². The van der Waals surface area contributed by atoms with Crippen molar-refractivity contribution >= 4 is 71.1 Å². The molecule has 8 aromatic carbocycles. The molecule has 0 aliphatic rings. The van der Waals surface area contributed by atoms with Crippen LogP contribution in [0.2, 0.25) is 0 Å². The van der Waals surface area contributed by atoms with Crippen molar-refractivity contribution in [3.05, 3.63) is 193 Å². The topological polar surface area (TPSA) is 42.9 Å². The van der Waals surface area contributed by atoms with Gasteiger partial charge in [0.2, 0.25) is 0 Å². The zero-order valence-corrected chi connectivity index (χ0v) is 29.5. The van der Waals surface area contributed by atoms with Crippen LogP contribution >= 0.6 is 0 Å². The van der Waals surface area contributed by atoms with Gasteiger partial charge in [0.05, 0.1) is 50.9 Å². The Morgan fingerprint density at radius 1 is 0.418 bits per heavy atom. The second-order valence-electron chi connectivity index (χ2n) is 13.9. The molecule has 0 unspecified atom stereocenters. The molecule has 5 nitrogen and oxygen atoms in total. The summed E-state index contributed by atoms with van der Waals surface area (Å²) < 4.78 is 6.89. The Labute approximate surface area is 316 Å². The number of nitrogens with zero attached hydrogens (tertiary/aromatic N) is 5. The Morgan fingerprint density at radius 2 is 0.927 bits per heavy atom. The van der Waals surface area contributed by atoms with Gasteiger partial charge in [0.25, 0.3) is 0 Å². The summed E-state index contributed by atoms with van der Waals surface area (Å²) in [6.07, 6.45) is 0. The van der Waals surface area contributed by atoms with E-state index in [9.17, 15) is 5.26 Å². The van der Waals surface area contributed by atoms with E-state index in [0.717, 1.165) is 82.8 Å². The fourth-order valence-corrected chi connectivity index (χ4v) is 8.75. The molecule has 0 aliphatic carbocycles. The van der Waals surface area contributed by atoms with Crippen LogP contribution in [0.25, 0.3) is 98.5 Å². The third kappa shape index (κ3) is 4.45. The maximum atomic E-state index is 10.7. The number of para-hydroxylation sites is 5. The fourth-order valence-electron chi connectivity index (χ4n) is 8.75. The highest BCUT2D eigenvalue weighted by Gasteiger charge is 2.21. The van der Waals surface area contributed by atoms with E-state index in [1.165, 1.54) is 10.8 Å². The summed E-state index contributed by atoms with van der Waals surface area (Å²) in [7, 11) is 0. The molecular formula is C50H29N5. The minimum Gasteiger partial charge on any atom is -0.309 e. The minimum atomic E-state index is 0.601. The molecule has 3 aromatic heterocycles. The van der Waals surface area contributed by atoms with Crippen LogP contribution in [0.5, 0.6) is 0 Å². The van der Waals surface area contributed by atoms with E-state index < -0.39 is 0 Å². The van der Waals surface area contributed by atoms with Crippen molar-refractivity contribution in [2.75, 3.05) is 0 Å². The van der Waals surface area contributed by atoms with Gasteiger partial charge in [-0.3, -0.25) is 0 Å². The van der Waals surface area contributed by atoms with Crippen molar-refractivity contribution in [1.82, 2.24) is 13.7 Å². The number of fused-ring (bicyclic) bond motifs is 9. The van der Waals surface area contributed by atoms with Gasteiger partial charge < -0.3 is 13.7 Å². The van der Waals surface area contributed by atoms with E-state index in [2.05, 4.69) is 164 Å². The van der Waals surface area contributed by atoms with E-state index in [1.54, 1.807) is 0 Å². The van der Waals surface area contributed by atoms with Gasteiger partial charge in [0, 0.05) is 43.9 Å². The van der Waals surface area contributed by atoms with Gasteiger partial charge in [-0.2, -0.15) is 5.26 Å². The predicted molar refractivity (Wildman–Crippen MR) is 226 cm³/mol. The SMILES string of the molecule is [C-]#[N+]c1ccc2c(c1)c1ccccc1n2-c1ccc(-c2cccc(C#N)c2-n2c3ccccc3c3ccc(-n4c5ccccc5c5ccccc54)cc32)cc1.